The summed E-state index contributed by atoms with van der Waals surface area (Å²) in [5, 5.41) is 0. The number of nitrogens with zero attached hydrogens (tertiary/aromatic N) is 1. The van der Waals surface area contributed by atoms with E-state index in [1.165, 1.54) is 0 Å². The van der Waals surface area contributed by atoms with Crippen LogP contribution in [0.3, 0.4) is 0 Å². The Morgan fingerprint density at radius 3 is 2.87 bits per heavy atom. The first-order valence-corrected chi connectivity index (χ1v) is 5.94. The second-order valence-electron chi connectivity index (χ2n) is 4.57. The van der Waals surface area contributed by atoms with Crippen LogP contribution in [0.25, 0.3) is 0 Å². The van der Waals surface area contributed by atoms with Crippen molar-refractivity contribution in [2.45, 2.75) is 57.2 Å². The first kappa shape index (κ1) is 10.7. The number of carbonyl (C=O) groups is 1. The summed E-state index contributed by atoms with van der Waals surface area (Å²) in [4.78, 5) is 13.7. The van der Waals surface area contributed by atoms with Gasteiger partial charge in [-0.3, -0.25) is 0 Å². The standard InChI is InChI=1S/C11H20N2O2/c1-2-3-6-15-11(14)13-8-4-5-10(13)9(12)7-8/h8-10H,2-7,12H2,1H3/t8-,9-,10+/m0/s1. The zero-order valence-corrected chi connectivity index (χ0v) is 9.32. The van der Waals surface area contributed by atoms with Gasteiger partial charge in [0, 0.05) is 12.1 Å². The van der Waals surface area contributed by atoms with Gasteiger partial charge < -0.3 is 15.4 Å². The lowest BCUT2D eigenvalue weighted by Crippen LogP contribution is -2.40. The Morgan fingerprint density at radius 2 is 2.33 bits per heavy atom. The number of hydrogen-bond donors (Lipinski definition) is 1. The van der Waals surface area contributed by atoms with Crippen LogP contribution in [0.4, 0.5) is 4.79 Å². The second kappa shape index (κ2) is 4.39. The Morgan fingerprint density at radius 1 is 1.53 bits per heavy atom. The minimum absolute atomic E-state index is 0.149. The van der Waals surface area contributed by atoms with Crippen molar-refractivity contribution >= 4 is 6.09 Å². The Bertz CT molecular complexity index is 245. The number of carbonyl (C=O) groups excluding carboxylic acids is 1. The van der Waals surface area contributed by atoms with Gasteiger partial charge in [0.1, 0.15) is 0 Å². The molecule has 0 spiro atoms. The van der Waals surface area contributed by atoms with E-state index < -0.39 is 0 Å². The van der Waals surface area contributed by atoms with Gasteiger partial charge in [0.25, 0.3) is 0 Å². The van der Waals surface area contributed by atoms with Crippen LogP contribution in [0.1, 0.15) is 39.0 Å². The smallest absolute Gasteiger partial charge is 0.410 e. The number of nitrogens with two attached hydrogens (primary N) is 1. The van der Waals surface area contributed by atoms with Gasteiger partial charge in [0.2, 0.25) is 0 Å². The van der Waals surface area contributed by atoms with Gasteiger partial charge in [-0.15, -0.1) is 0 Å². The Labute approximate surface area is 90.8 Å². The average molecular weight is 212 g/mol. The largest absolute Gasteiger partial charge is 0.449 e. The van der Waals surface area contributed by atoms with E-state index in [0.29, 0.717) is 12.6 Å². The van der Waals surface area contributed by atoms with Crippen molar-refractivity contribution < 1.29 is 9.53 Å². The SMILES string of the molecule is CCCCOC(=O)N1[C@H]2CC[C@@H]1[C@@H](N)C2. The maximum Gasteiger partial charge on any atom is 0.410 e. The summed E-state index contributed by atoms with van der Waals surface area (Å²) in [5.74, 6) is 0. The maximum atomic E-state index is 11.8. The summed E-state index contributed by atoms with van der Waals surface area (Å²) in [6.45, 7) is 2.63. The molecular formula is C11H20N2O2. The van der Waals surface area contributed by atoms with Gasteiger partial charge in [0.15, 0.2) is 0 Å². The lowest BCUT2D eigenvalue weighted by molar-refractivity contribution is 0.0949. The fraction of sp³-hybridized carbons (Fsp3) is 0.909. The topological polar surface area (TPSA) is 55.6 Å². The van der Waals surface area contributed by atoms with E-state index >= 15 is 0 Å². The van der Waals surface area contributed by atoms with Crippen LogP contribution in [-0.2, 0) is 4.74 Å². The van der Waals surface area contributed by atoms with Gasteiger partial charge >= 0.3 is 6.09 Å². The number of hydrogen-bond acceptors (Lipinski definition) is 3. The van der Waals surface area contributed by atoms with Crippen LogP contribution in [0, 0.1) is 0 Å². The van der Waals surface area contributed by atoms with Crippen LogP contribution < -0.4 is 5.73 Å². The molecular weight excluding hydrogens is 192 g/mol. The van der Waals surface area contributed by atoms with Crippen molar-refractivity contribution in [3.8, 4) is 0 Å². The molecule has 0 aromatic rings. The van der Waals surface area contributed by atoms with Gasteiger partial charge in [0.05, 0.1) is 12.6 Å². The molecule has 2 heterocycles. The summed E-state index contributed by atoms with van der Waals surface area (Å²) >= 11 is 0. The highest BCUT2D eigenvalue weighted by molar-refractivity contribution is 5.69. The molecule has 15 heavy (non-hydrogen) atoms. The predicted molar refractivity (Wildman–Crippen MR) is 57.5 cm³/mol. The van der Waals surface area contributed by atoms with E-state index in [4.69, 9.17) is 10.5 Å². The minimum Gasteiger partial charge on any atom is -0.449 e. The summed E-state index contributed by atoms with van der Waals surface area (Å²) in [5.41, 5.74) is 5.95. The third-order valence-electron chi connectivity index (χ3n) is 3.52. The Kier molecular flexibility index (Phi) is 3.14. The number of unbranched alkanes of at least 4 members (excludes halogenated alkanes) is 1. The molecule has 3 atom stereocenters. The number of rotatable bonds is 3. The molecule has 2 rings (SSSR count). The molecule has 0 aromatic heterocycles. The van der Waals surface area contributed by atoms with Crippen LogP contribution >= 0.6 is 0 Å². The van der Waals surface area contributed by atoms with E-state index in [2.05, 4.69) is 6.92 Å². The van der Waals surface area contributed by atoms with Gasteiger partial charge in [-0.05, 0) is 25.7 Å². The van der Waals surface area contributed by atoms with Crippen LogP contribution in [0.2, 0.25) is 0 Å². The molecule has 2 aliphatic rings. The summed E-state index contributed by atoms with van der Waals surface area (Å²) in [6.07, 6.45) is 4.95. The molecule has 4 heteroatoms. The highest BCUT2D eigenvalue weighted by atomic mass is 16.6. The van der Waals surface area contributed by atoms with Gasteiger partial charge in [-0.25, -0.2) is 4.79 Å². The molecule has 2 saturated heterocycles. The highest BCUT2D eigenvalue weighted by Gasteiger charge is 2.47. The number of amides is 1. The normalized spacial score (nSPS) is 33.5. The van der Waals surface area contributed by atoms with Crippen molar-refractivity contribution in [2.24, 2.45) is 5.73 Å². The number of fused-ring (bicyclic) bond motifs is 2. The zero-order valence-electron chi connectivity index (χ0n) is 9.32. The van der Waals surface area contributed by atoms with Gasteiger partial charge in [-0.2, -0.15) is 0 Å². The first-order chi connectivity index (χ1) is 7.24. The van der Waals surface area contributed by atoms with E-state index in [-0.39, 0.29) is 18.2 Å². The molecule has 2 N–H and O–H groups in total. The lowest BCUT2D eigenvalue weighted by Gasteiger charge is -2.22. The van der Waals surface area contributed by atoms with E-state index in [0.717, 1.165) is 32.1 Å². The Hall–Kier alpha value is -0.770. The molecule has 2 fully saturated rings. The molecule has 2 aliphatic heterocycles. The molecule has 0 aliphatic carbocycles. The van der Waals surface area contributed by atoms with Crippen molar-refractivity contribution in [3.05, 3.63) is 0 Å². The average Bonchev–Trinajstić information content (AvgIpc) is 2.74. The third-order valence-corrected chi connectivity index (χ3v) is 3.52. The van der Waals surface area contributed by atoms with Crippen molar-refractivity contribution in [2.75, 3.05) is 6.61 Å². The lowest BCUT2D eigenvalue weighted by atomic mass is 9.97. The fourth-order valence-electron chi connectivity index (χ4n) is 2.70. The van der Waals surface area contributed by atoms with E-state index in [1.807, 2.05) is 4.90 Å². The molecule has 2 bridgehead atoms. The van der Waals surface area contributed by atoms with Crippen molar-refractivity contribution in [3.63, 3.8) is 0 Å². The summed E-state index contributed by atoms with van der Waals surface area (Å²) < 4.78 is 5.23. The van der Waals surface area contributed by atoms with Crippen LogP contribution in [0.5, 0.6) is 0 Å². The summed E-state index contributed by atoms with van der Waals surface area (Å²) in [6, 6.07) is 0.755. The van der Waals surface area contributed by atoms with Crippen molar-refractivity contribution in [1.82, 2.24) is 4.90 Å². The maximum absolute atomic E-state index is 11.8. The second-order valence-corrected chi connectivity index (χ2v) is 4.57. The Balaban J connectivity index is 1.86. The molecule has 1 amide bonds. The molecule has 0 unspecified atom stereocenters. The minimum atomic E-state index is -0.149. The number of ether oxygens (including phenoxy) is 1. The highest BCUT2D eigenvalue weighted by Crippen LogP contribution is 2.37. The summed E-state index contributed by atoms with van der Waals surface area (Å²) in [7, 11) is 0. The fourth-order valence-corrected chi connectivity index (χ4v) is 2.70. The first-order valence-electron chi connectivity index (χ1n) is 5.94. The third kappa shape index (κ3) is 1.95. The quantitative estimate of drug-likeness (QED) is 0.721. The molecule has 0 saturated carbocycles. The van der Waals surface area contributed by atoms with Crippen LogP contribution in [0.15, 0.2) is 0 Å². The van der Waals surface area contributed by atoms with E-state index in [9.17, 15) is 4.79 Å². The van der Waals surface area contributed by atoms with Gasteiger partial charge in [-0.1, -0.05) is 13.3 Å². The zero-order chi connectivity index (χ0) is 10.8. The van der Waals surface area contributed by atoms with E-state index in [1.54, 1.807) is 0 Å². The molecule has 0 radical (unpaired) electrons. The molecule has 4 nitrogen and oxygen atoms in total. The molecule has 0 aromatic carbocycles. The monoisotopic (exact) mass is 212 g/mol. The molecule has 86 valence electrons. The van der Waals surface area contributed by atoms with Crippen LogP contribution in [-0.4, -0.2) is 35.7 Å². The predicted octanol–water partition coefficient (Wildman–Crippen LogP) is 1.49. The van der Waals surface area contributed by atoms with Crippen molar-refractivity contribution in [1.29, 1.82) is 0 Å².